The molecule has 0 unspecified atom stereocenters. The number of anilines is 1. The molecule has 1 aliphatic rings. The zero-order valence-electron chi connectivity index (χ0n) is 15.8. The molecule has 0 spiro atoms. The first-order chi connectivity index (χ1) is 14.5. The minimum atomic E-state index is -3.93. The van der Waals surface area contributed by atoms with Crippen LogP contribution in [0.5, 0.6) is 5.75 Å². The second-order valence-electron chi connectivity index (χ2n) is 6.54. The van der Waals surface area contributed by atoms with Gasteiger partial charge in [0.2, 0.25) is 5.88 Å². The van der Waals surface area contributed by atoms with E-state index in [0.717, 1.165) is 27.2 Å². The predicted molar refractivity (Wildman–Crippen MR) is 116 cm³/mol. The van der Waals surface area contributed by atoms with Crippen LogP contribution in [0.1, 0.15) is 16.7 Å². The Morgan fingerprint density at radius 1 is 1.03 bits per heavy atom. The van der Waals surface area contributed by atoms with E-state index in [0.29, 0.717) is 11.4 Å². The number of benzene rings is 2. The fraction of sp³-hybridized carbons (Fsp3) is 0.0455. The van der Waals surface area contributed by atoms with Gasteiger partial charge in [0.1, 0.15) is 18.0 Å². The van der Waals surface area contributed by atoms with Crippen LogP contribution in [0.15, 0.2) is 85.1 Å². The lowest BCUT2D eigenvalue weighted by molar-refractivity contribution is 0.307. The molecule has 0 radical (unpaired) electrons. The van der Waals surface area contributed by atoms with Crippen LogP contribution in [-0.2, 0) is 16.8 Å². The molecular formula is C22H19N3O4S. The van der Waals surface area contributed by atoms with Gasteiger partial charge in [0.25, 0.3) is 0 Å². The molecule has 4 rings (SSSR count). The molecule has 2 heterocycles. The first kappa shape index (κ1) is 19.5. The Hall–Kier alpha value is -3.78. The van der Waals surface area contributed by atoms with E-state index in [9.17, 15) is 13.5 Å². The number of hydrogen-bond acceptors (Lipinski definition) is 5. The molecule has 0 atom stereocenters. The summed E-state index contributed by atoms with van der Waals surface area (Å²) in [4.78, 5) is 4.08. The van der Waals surface area contributed by atoms with E-state index in [1.165, 1.54) is 0 Å². The van der Waals surface area contributed by atoms with Crippen LogP contribution in [0.2, 0.25) is 0 Å². The Balaban J connectivity index is 1.67. The van der Waals surface area contributed by atoms with Gasteiger partial charge in [-0.15, -0.1) is 0 Å². The van der Waals surface area contributed by atoms with Crippen LogP contribution in [0.4, 0.5) is 5.69 Å². The maximum absolute atomic E-state index is 12.3. The maximum atomic E-state index is 12.3. The average molecular weight is 421 g/mol. The van der Waals surface area contributed by atoms with Gasteiger partial charge >= 0.3 is 10.2 Å². The summed E-state index contributed by atoms with van der Waals surface area (Å²) in [5.74, 6) is -0.0897. The average Bonchev–Trinajstić information content (AvgIpc) is 3.04. The largest absolute Gasteiger partial charge is 0.493 e. The summed E-state index contributed by atoms with van der Waals surface area (Å²) < 4.78 is 33.6. The molecule has 2 N–H and O–H groups in total. The lowest BCUT2D eigenvalue weighted by Gasteiger charge is -2.19. The molecule has 0 aliphatic carbocycles. The molecule has 0 saturated carbocycles. The monoisotopic (exact) mass is 421 g/mol. The molecule has 0 amide bonds. The van der Waals surface area contributed by atoms with Crippen molar-refractivity contribution in [2.45, 2.75) is 6.61 Å². The molecule has 8 heteroatoms. The first-order valence-corrected chi connectivity index (χ1v) is 10.6. The molecular weight excluding hydrogens is 402 g/mol. The van der Waals surface area contributed by atoms with Crippen LogP contribution < -0.4 is 13.8 Å². The molecule has 3 aromatic rings. The van der Waals surface area contributed by atoms with E-state index in [4.69, 9.17) is 4.74 Å². The quantitative estimate of drug-likeness (QED) is 0.631. The Labute approximate surface area is 174 Å². The van der Waals surface area contributed by atoms with Crippen molar-refractivity contribution in [2.75, 3.05) is 4.31 Å². The normalized spacial score (nSPS) is 15.1. The number of nitrogens with one attached hydrogen (secondary N) is 1. The van der Waals surface area contributed by atoms with Crippen molar-refractivity contribution in [3.63, 3.8) is 0 Å². The lowest BCUT2D eigenvalue weighted by atomic mass is 10.1. The topological polar surface area (TPSA) is 91.8 Å². The van der Waals surface area contributed by atoms with Crippen molar-refractivity contribution in [1.29, 1.82) is 0 Å². The van der Waals surface area contributed by atoms with E-state index in [2.05, 4.69) is 4.98 Å². The van der Waals surface area contributed by atoms with Crippen LogP contribution in [-0.4, -0.2) is 18.5 Å². The fourth-order valence-corrected chi connectivity index (χ4v) is 3.99. The van der Waals surface area contributed by atoms with Crippen molar-refractivity contribution in [3.8, 4) is 5.75 Å². The second-order valence-corrected chi connectivity index (χ2v) is 8.09. The first-order valence-electron chi connectivity index (χ1n) is 9.13. The third-order valence-corrected chi connectivity index (χ3v) is 5.63. The number of pyridine rings is 1. The number of aromatic nitrogens is 1. The molecule has 1 aromatic heterocycles. The molecule has 0 bridgehead atoms. The highest BCUT2D eigenvalue weighted by Gasteiger charge is 2.31. The van der Waals surface area contributed by atoms with Crippen molar-refractivity contribution >= 4 is 28.0 Å². The SMILES string of the molecule is O=S1(=O)NC(O)=CN1c1ccc(C=Cc2cccnc2)cc1OCc1ccccc1. The van der Waals surface area contributed by atoms with E-state index in [1.807, 2.05) is 59.3 Å². The standard InChI is InChI=1S/C22H19N3O4S/c26-22-15-25(30(27,28)24-22)20-11-10-17(8-9-18-7-4-12-23-14-18)13-21(20)29-16-19-5-2-1-3-6-19/h1-15,24,26H,16H2. The molecule has 7 nitrogen and oxygen atoms in total. The van der Waals surface area contributed by atoms with Gasteiger partial charge in [0.15, 0.2) is 0 Å². The third kappa shape index (κ3) is 4.44. The van der Waals surface area contributed by atoms with Gasteiger partial charge in [0, 0.05) is 12.4 Å². The molecule has 152 valence electrons. The Kier molecular flexibility index (Phi) is 5.40. The van der Waals surface area contributed by atoms with E-state index in [1.54, 1.807) is 30.6 Å². The van der Waals surface area contributed by atoms with E-state index >= 15 is 0 Å². The van der Waals surface area contributed by atoms with Gasteiger partial charge in [-0.1, -0.05) is 54.6 Å². The summed E-state index contributed by atoms with van der Waals surface area (Å²) in [5.41, 5.74) is 3.00. The predicted octanol–water partition coefficient (Wildman–Crippen LogP) is 3.84. The van der Waals surface area contributed by atoms with Crippen molar-refractivity contribution in [1.82, 2.24) is 9.71 Å². The summed E-state index contributed by atoms with van der Waals surface area (Å²) >= 11 is 0. The van der Waals surface area contributed by atoms with Crippen LogP contribution in [0.3, 0.4) is 0 Å². The Morgan fingerprint density at radius 3 is 2.53 bits per heavy atom. The Bertz CT molecular complexity index is 1190. The van der Waals surface area contributed by atoms with Gasteiger partial charge in [0.05, 0.1) is 6.20 Å². The summed E-state index contributed by atoms with van der Waals surface area (Å²) in [6, 6.07) is 18.5. The summed E-state index contributed by atoms with van der Waals surface area (Å²) in [6.45, 7) is 0.265. The fourth-order valence-electron chi connectivity index (χ4n) is 2.92. The van der Waals surface area contributed by atoms with Gasteiger partial charge in [-0.25, -0.2) is 9.03 Å². The molecule has 2 aromatic carbocycles. The second kappa shape index (κ2) is 8.30. The number of ether oxygens (including phenoxy) is 1. The zero-order chi connectivity index (χ0) is 21.0. The minimum absolute atomic E-state index is 0.265. The molecule has 0 fully saturated rings. The Morgan fingerprint density at radius 2 is 1.83 bits per heavy atom. The van der Waals surface area contributed by atoms with Crippen LogP contribution >= 0.6 is 0 Å². The highest BCUT2D eigenvalue weighted by atomic mass is 32.2. The number of hydrogen-bond donors (Lipinski definition) is 2. The van der Waals surface area contributed by atoms with Gasteiger partial charge in [-0.2, -0.15) is 8.42 Å². The molecule has 1 aliphatic heterocycles. The smallest absolute Gasteiger partial charge is 0.330 e. The summed E-state index contributed by atoms with van der Waals surface area (Å²) in [7, 11) is -3.93. The van der Waals surface area contributed by atoms with Crippen LogP contribution in [0.25, 0.3) is 12.2 Å². The number of nitrogens with zero attached hydrogens (tertiary/aromatic N) is 2. The van der Waals surface area contributed by atoms with E-state index in [-0.39, 0.29) is 6.61 Å². The summed E-state index contributed by atoms with van der Waals surface area (Å²) in [6.07, 6.45) is 8.34. The van der Waals surface area contributed by atoms with Crippen molar-refractivity contribution < 1.29 is 18.3 Å². The number of rotatable bonds is 6. The third-order valence-electron chi connectivity index (χ3n) is 4.34. The van der Waals surface area contributed by atoms with Gasteiger partial charge in [-0.05, 0) is 34.9 Å². The zero-order valence-corrected chi connectivity index (χ0v) is 16.7. The highest BCUT2D eigenvalue weighted by Crippen LogP contribution is 2.34. The van der Waals surface area contributed by atoms with E-state index < -0.39 is 16.1 Å². The van der Waals surface area contributed by atoms with Gasteiger partial charge in [-0.3, -0.25) is 4.98 Å². The van der Waals surface area contributed by atoms with Crippen LogP contribution in [0, 0.1) is 0 Å². The van der Waals surface area contributed by atoms with Crippen molar-refractivity contribution in [2.24, 2.45) is 0 Å². The van der Waals surface area contributed by atoms with Crippen molar-refractivity contribution in [3.05, 3.63) is 102 Å². The van der Waals surface area contributed by atoms with Gasteiger partial charge < -0.3 is 9.84 Å². The minimum Gasteiger partial charge on any atom is -0.493 e. The molecule has 30 heavy (non-hydrogen) atoms. The highest BCUT2D eigenvalue weighted by molar-refractivity contribution is 7.91. The number of aliphatic hydroxyl groups is 1. The maximum Gasteiger partial charge on any atom is 0.330 e. The summed E-state index contributed by atoms with van der Waals surface area (Å²) in [5, 5.41) is 9.63. The molecule has 0 saturated heterocycles. The lowest BCUT2D eigenvalue weighted by Crippen LogP contribution is -2.29. The number of aliphatic hydroxyl groups excluding tert-OH is 1.